The molecule has 0 radical (unpaired) electrons. The van der Waals surface area contributed by atoms with Crippen LogP contribution in [0.1, 0.15) is 11.4 Å². The Balaban J connectivity index is 2.74. The van der Waals surface area contributed by atoms with Crippen LogP contribution in [0.5, 0.6) is 0 Å². The molecule has 0 aliphatic heterocycles. The lowest BCUT2D eigenvalue weighted by molar-refractivity contribution is 0.565. The van der Waals surface area contributed by atoms with Gasteiger partial charge in [0.25, 0.3) is 0 Å². The maximum atomic E-state index is 13.7. The maximum absolute atomic E-state index is 13.7. The number of rotatable bonds is 1. The van der Waals surface area contributed by atoms with Crippen LogP contribution in [-0.4, -0.2) is 4.57 Å². The van der Waals surface area contributed by atoms with E-state index < -0.39 is 11.6 Å². The number of aryl methyl sites for hydroxylation is 2. The van der Waals surface area contributed by atoms with Crippen LogP contribution in [0.3, 0.4) is 0 Å². The van der Waals surface area contributed by atoms with E-state index in [1.807, 2.05) is 26.0 Å². The fourth-order valence-electron chi connectivity index (χ4n) is 1.77. The van der Waals surface area contributed by atoms with Crippen LogP contribution in [0.4, 0.5) is 8.78 Å². The Labute approximate surface area is 101 Å². The van der Waals surface area contributed by atoms with E-state index in [1.54, 1.807) is 4.57 Å². The highest BCUT2D eigenvalue weighted by molar-refractivity contribution is 9.10. The molecule has 0 spiro atoms. The van der Waals surface area contributed by atoms with Crippen LogP contribution in [0.15, 0.2) is 28.7 Å². The first-order chi connectivity index (χ1) is 7.50. The Hall–Kier alpha value is -1.16. The quantitative estimate of drug-likeness (QED) is 0.742. The minimum absolute atomic E-state index is 0.0248. The molecule has 0 amide bonds. The molecular weight excluding hydrogens is 276 g/mol. The molecule has 1 nitrogen and oxygen atoms in total. The summed E-state index contributed by atoms with van der Waals surface area (Å²) in [4.78, 5) is 0. The van der Waals surface area contributed by atoms with Crippen molar-refractivity contribution in [2.24, 2.45) is 0 Å². The fourth-order valence-corrected chi connectivity index (χ4v) is 2.17. The highest BCUT2D eigenvalue weighted by Crippen LogP contribution is 2.25. The Kier molecular flexibility index (Phi) is 2.84. The van der Waals surface area contributed by atoms with E-state index in [0.717, 1.165) is 11.4 Å². The van der Waals surface area contributed by atoms with Crippen molar-refractivity contribution in [2.45, 2.75) is 13.8 Å². The largest absolute Gasteiger partial charge is 0.313 e. The zero-order valence-electron chi connectivity index (χ0n) is 8.89. The number of nitrogens with zero attached hydrogens (tertiary/aromatic N) is 1. The van der Waals surface area contributed by atoms with Gasteiger partial charge in [0.2, 0.25) is 0 Å². The molecule has 2 aromatic rings. The van der Waals surface area contributed by atoms with Gasteiger partial charge in [-0.25, -0.2) is 8.78 Å². The smallest absolute Gasteiger partial charge is 0.151 e. The summed E-state index contributed by atoms with van der Waals surface area (Å²) in [6, 6.07) is 6.18. The molecule has 0 N–H and O–H groups in total. The Bertz CT molecular complexity index is 503. The molecule has 0 unspecified atom stereocenters. The first kappa shape index (κ1) is 11.3. The van der Waals surface area contributed by atoms with Crippen molar-refractivity contribution in [3.05, 3.63) is 51.8 Å². The molecule has 84 valence electrons. The third kappa shape index (κ3) is 1.78. The molecule has 1 aromatic carbocycles. The third-order valence-electron chi connectivity index (χ3n) is 2.48. The van der Waals surface area contributed by atoms with Crippen LogP contribution in [0.2, 0.25) is 0 Å². The highest BCUT2D eigenvalue weighted by atomic mass is 79.9. The van der Waals surface area contributed by atoms with Gasteiger partial charge < -0.3 is 4.57 Å². The van der Waals surface area contributed by atoms with Crippen molar-refractivity contribution < 1.29 is 8.78 Å². The number of halogens is 3. The SMILES string of the molecule is Cc1ccc(C)n1-c1c(F)cc(Br)cc1F. The Morgan fingerprint density at radius 2 is 1.44 bits per heavy atom. The maximum Gasteiger partial charge on any atom is 0.151 e. The van der Waals surface area contributed by atoms with E-state index >= 15 is 0 Å². The predicted molar refractivity (Wildman–Crippen MR) is 62.9 cm³/mol. The van der Waals surface area contributed by atoms with Crippen molar-refractivity contribution >= 4 is 15.9 Å². The Morgan fingerprint density at radius 1 is 1.00 bits per heavy atom. The minimum atomic E-state index is -0.575. The molecule has 2 rings (SSSR count). The van der Waals surface area contributed by atoms with Crippen LogP contribution < -0.4 is 0 Å². The molecule has 0 bridgehead atoms. The summed E-state index contributed by atoms with van der Waals surface area (Å²) in [7, 11) is 0. The fraction of sp³-hybridized carbons (Fsp3) is 0.167. The number of aromatic nitrogens is 1. The van der Waals surface area contributed by atoms with Crippen molar-refractivity contribution in [3.8, 4) is 5.69 Å². The van der Waals surface area contributed by atoms with Gasteiger partial charge in [-0.05, 0) is 38.1 Å². The molecule has 16 heavy (non-hydrogen) atoms. The standard InChI is InChI=1S/C12H10BrF2N/c1-7-3-4-8(2)16(7)12-10(14)5-9(13)6-11(12)15/h3-6H,1-2H3. The van der Waals surface area contributed by atoms with Crippen LogP contribution >= 0.6 is 15.9 Å². The summed E-state index contributed by atoms with van der Waals surface area (Å²) in [5, 5.41) is 0. The van der Waals surface area contributed by atoms with Gasteiger partial charge >= 0.3 is 0 Å². The van der Waals surface area contributed by atoms with Crippen LogP contribution in [0, 0.1) is 25.5 Å². The molecule has 4 heteroatoms. The molecule has 1 heterocycles. The average molecular weight is 286 g/mol. The van der Waals surface area contributed by atoms with E-state index in [4.69, 9.17) is 0 Å². The molecule has 0 saturated heterocycles. The summed E-state index contributed by atoms with van der Waals surface area (Å²) >= 11 is 3.06. The van der Waals surface area contributed by atoms with E-state index in [1.165, 1.54) is 12.1 Å². The molecule has 0 saturated carbocycles. The second-order valence-corrected chi connectivity index (χ2v) is 4.59. The number of hydrogen-bond donors (Lipinski definition) is 0. The molecular formula is C12H10BrF2N. The number of benzene rings is 1. The summed E-state index contributed by atoms with van der Waals surface area (Å²) in [5.74, 6) is -1.15. The van der Waals surface area contributed by atoms with Gasteiger partial charge in [-0.3, -0.25) is 0 Å². The first-order valence-corrected chi connectivity index (χ1v) is 5.60. The molecule has 1 aromatic heterocycles. The molecule has 0 aliphatic rings. The summed E-state index contributed by atoms with van der Waals surface area (Å²) in [5.41, 5.74) is 1.58. The first-order valence-electron chi connectivity index (χ1n) is 4.80. The van der Waals surface area contributed by atoms with Crippen LogP contribution in [-0.2, 0) is 0 Å². The summed E-state index contributed by atoms with van der Waals surface area (Å²) in [6.45, 7) is 3.63. The molecule has 0 aliphatic carbocycles. The lowest BCUT2D eigenvalue weighted by Crippen LogP contribution is -2.05. The Morgan fingerprint density at radius 3 is 1.88 bits per heavy atom. The zero-order valence-corrected chi connectivity index (χ0v) is 10.5. The molecule has 0 atom stereocenters. The third-order valence-corrected chi connectivity index (χ3v) is 2.93. The minimum Gasteiger partial charge on any atom is -0.313 e. The van der Waals surface area contributed by atoms with Gasteiger partial charge in [-0.1, -0.05) is 15.9 Å². The average Bonchev–Trinajstić information content (AvgIpc) is 2.47. The summed E-state index contributed by atoms with van der Waals surface area (Å²) < 4.78 is 29.5. The van der Waals surface area contributed by atoms with Crippen molar-refractivity contribution in [1.29, 1.82) is 0 Å². The van der Waals surface area contributed by atoms with Gasteiger partial charge in [-0.2, -0.15) is 0 Å². The normalized spacial score (nSPS) is 10.8. The lowest BCUT2D eigenvalue weighted by Gasteiger charge is -2.11. The zero-order chi connectivity index (χ0) is 11.9. The van der Waals surface area contributed by atoms with Crippen LogP contribution in [0.25, 0.3) is 5.69 Å². The molecule has 0 fully saturated rings. The van der Waals surface area contributed by atoms with Crippen molar-refractivity contribution in [2.75, 3.05) is 0 Å². The van der Waals surface area contributed by atoms with Crippen molar-refractivity contribution in [1.82, 2.24) is 4.57 Å². The predicted octanol–water partition coefficient (Wildman–Crippen LogP) is 4.13. The number of hydrogen-bond acceptors (Lipinski definition) is 0. The van der Waals surface area contributed by atoms with Gasteiger partial charge in [0.05, 0.1) is 0 Å². The van der Waals surface area contributed by atoms with Crippen molar-refractivity contribution in [3.63, 3.8) is 0 Å². The van der Waals surface area contributed by atoms with E-state index in [0.29, 0.717) is 4.47 Å². The second kappa shape index (κ2) is 4.01. The summed E-state index contributed by atoms with van der Waals surface area (Å²) in [6.07, 6.45) is 0. The van der Waals surface area contributed by atoms with E-state index in [9.17, 15) is 8.78 Å². The van der Waals surface area contributed by atoms with Gasteiger partial charge in [0.15, 0.2) is 11.6 Å². The van der Waals surface area contributed by atoms with E-state index in [2.05, 4.69) is 15.9 Å². The monoisotopic (exact) mass is 285 g/mol. The van der Waals surface area contributed by atoms with Gasteiger partial charge in [-0.15, -0.1) is 0 Å². The van der Waals surface area contributed by atoms with E-state index in [-0.39, 0.29) is 5.69 Å². The lowest BCUT2D eigenvalue weighted by atomic mass is 10.2. The topological polar surface area (TPSA) is 4.93 Å². The van der Waals surface area contributed by atoms with Gasteiger partial charge in [0, 0.05) is 15.9 Å². The second-order valence-electron chi connectivity index (χ2n) is 3.67. The van der Waals surface area contributed by atoms with Gasteiger partial charge in [0.1, 0.15) is 5.69 Å². The highest BCUT2D eigenvalue weighted by Gasteiger charge is 2.15.